The molecule has 0 aliphatic heterocycles. The summed E-state index contributed by atoms with van der Waals surface area (Å²) < 4.78 is 68.0. The maximum absolute atomic E-state index is 14.7. The average Bonchev–Trinajstić information content (AvgIpc) is 3.31. The zero-order valence-corrected chi connectivity index (χ0v) is 17.8. The van der Waals surface area contributed by atoms with E-state index in [-0.39, 0.29) is 17.1 Å². The van der Waals surface area contributed by atoms with E-state index >= 15 is 0 Å². The van der Waals surface area contributed by atoms with Crippen molar-refractivity contribution in [3.63, 3.8) is 0 Å². The highest BCUT2D eigenvalue weighted by molar-refractivity contribution is 5.65. The highest BCUT2D eigenvalue weighted by atomic mass is 19.4. The molecule has 172 valence electrons. The highest BCUT2D eigenvalue weighted by Crippen LogP contribution is 2.34. The third kappa shape index (κ3) is 4.10. The highest BCUT2D eigenvalue weighted by Gasteiger charge is 2.34. The number of nitrogens with zero attached hydrogens (tertiary/aromatic N) is 6. The van der Waals surface area contributed by atoms with Gasteiger partial charge in [0.15, 0.2) is 11.5 Å². The van der Waals surface area contributed by atoms with E-state index in [4.69, 9.17) is 6.57 Å². The normalized spacial score (nSPS) is 11.9. The molecule has 0 bridgehead atoms. The van der Waals surface area contributed by atoms with Gasteiger partial charge in [0.25, 0.3) is 5.69 Å². The summed E-state index contributed by atoms with van der Waals surface area (Å²) in [7, 11) is 0. The van der Waals surface area contributed by atoms with Crippen LogP contribution in [0.1, 0.15) is 30.9 Å². The van der Waals surface area contributed by atoms with Gasteiger partial charge in [0, 0.05) is 23.4 Å². The largest absolute Gasteiger partial charge is 0.435 e. The maximum Gasteiger partial charge on any atom is 0.435 e. The molecule has 4 aromatic heterocycles. The predicted octanol–water partition coefficient (Wildman–Crippen LogP) is 5.90. The SMILES string of the molecule is [C-]#[N+]c1c(F)ncc(-c2cccc(C(C)(C)c3cccc(-n4ccc(C(F)(F)F)n4)n3)n2)c1F. The van der Waals surface area contributed by atoms with Crippen molar-refractivity contribution in [2.24, 2.45) is 0 Å². The molecule has 0 unspecified atom stereocenters. The van der Waals surface area contributed by atoms with Gasteiger partial charge in [-0.25, -0.2) is 23.9 Å². The van der Waals surface area contributed by atoms with E-state index in [0.29, 0.717) is 11.4 Å². The molecule has 0 fully saturated rings. The lowest BCUT2D eigenvalue weighted by molar-refractivity contribution is -0.141. The Hall–Kier alpha value is -4.20. The zero-order chi connectivity index (χ0) is 24.7. The molecule has 11 heteroatoms. The van der Waals surface area contributed by atoms with Crippen molar-refractivity contribution in [2.75, 3.05) is 0 Å². The van der Waals surface area contributed by atoms with Gasteiger partial charge in [0.1, 0.15) is 5.82 Å². The Morgan fingerprint density at radius 3 is 2.24 bits per heavy atom. The van der Waals surface area contributed by atoms with Gasteiger partial charge < -0.3 is 0 Å². The summed E-state index contributed by atoms with van der Waals surface area (Å²) in [6.45, 7) is 10.6. The van der Waals surface area contributed by atoms with Crippen LogP contribution in [0.3, 0.4) is 0 Å². The molecule has 4 heterocycles. The molecule has 0 amide bonds. The van der Waals surface area contributed by atoms with Gasteiger partial charge >= 0.3 is 6.18 Å². The van der Waals surface area contributed by atoms with E-state index < -0.39 is 34.7 Å². The standard InChI is InChI=1S/C23H15F5N6/c1-22(2,16-8-5-9-18(32-16)34-11-10-17(33-34)23(26,27)28)15-7-4-6-14(31-15)13-12-30-21(25)20(29-3)19(13)24/h4-12H,1-2H3. The third-order valence-corrected chi connectivity index (χ3v) is 5.21. The van der Waals surface area contributed by atoms with Gasteiger partial charge in [-0.2, -0.15) is 22.7 Å². The van der Waals surface area contributed by atoms with Crippen molar-refractivity contribution >= 4 is 5.69 Å². The lowest BCUT2D eigenvalue weighted by Gasteiger charge is -2.24. The van der Waals surface area contributed by atoms with Crippen LogP contribution >= 0.6 is 0 Å². The van der Waals surface area contributed by atoms with Crippen LogP contribution in [0.25, 0.3) is 21.9 Å². The zero-order valence-electron chi connectivity index (χ0n) is 17.8. The molecule has 0 saturated carbocycles. The van der Waals surface area contributed by atoms with Gasteiger partial charge in [-0.3, -0.25) is 4.98 Å². The number of pyridine rings is 3. The van der Waals surface area contributed by atoms with E-state index in [9.17, 15) is 22.0 Å². The number of alkyl halides is 3. The number of aromatic nitrogens is 5. The fourth-order valence-corrected chi connectivity index (χ4v) is 3.30. The summed E-state index contributed by atoms with van der Waals surface area (Å²) >= 11 is 0. The summed E-state index contributed by atoms with van der Waals surface area (Å²) in [5.74, 6) is -2.10. The molecule has 0 aliphatic carbocycles. The maximum atomic E-state index is 14.7. The van der Waals surface area contributed by atoms with Crippen LogP contribution in [-0.4, -0.2) is 24.7 Å². The first-order chi connectivity index (χ1) is 16.0. The lowest BCUT2D eigenvalue weighted by Crippen LogP contribution is -2.23. The van der Waals surface area contributed by atoms with Crippen LogP contribution in [-0.2, 0) is 11.6 Å². The molecular formula is C23H15F5N6. The summed E-state index contributed by atoms with van der Waals surface area (Å²) in [6.07, 6.45) is -2.45. The molecule has 6 nitrogen and oxygen atoms in total. The second kappa shape index (κ2) is 8.30. The molecule has 0 aliphatic rings. The quantitative estimate of drug-likeness (QED) is 0.212. The van der Waals surface area contributed by atoms with Crippen LogP contribution in [0, 0.1) is 18.3 Å². The third-order valence-electron chi connectivity index (χ3n) is 5.21. The Balaban J connectivity index is 1.74. The van der Waals surface area contributed by atoms with E-state index in [1.165, 1.54) is 18.3 Å². The Morgan fingerprint density at radius 1 is 0.912 bits per heavy atom. The number of hydrogen-bond acceptors (Lipinski definition) is 4. The average molecular weight is 470 g/mol. The molecule has 34 heavy (non-hydrogen) atoms. The summed E-state index contributed by atoms with van der Waals surface area (Å²) in [6, 6.07) is 10.5. The Morgan fingerprint density at radius 2 is 1.59 bits per heavy atom. The summed E-state index contributed by atoms with van der Waals surface area (Å²) in [5, 5.41) is 3.54. The van der Waals surface area contributed by atoms with Crippen molar-refractivity contribution in [3.05, 3.63) is 95.1 Å². The smallest absolute Gasteiger partial charge is 0.252 e. The lowest BCUT2D eigenvalue weighted by atomic mass is 9.84. The molecular weight excluding hydrogens is 455 g/mol. The first kappa shape index (κ1) is 23.0. The van der Waals surface area contributed by atoms with Gasteiger partial charge in [-0.05, 0) is 44.2 Å². The molecule has 0 saturated heterocycles. The summed E-state index contributed by atoms with van der Waals surface area (Å²) in [4.78, 5) is 15.2. The monoisotopic (exact) mass is 470 g/mol. The van der Waals surface area contributed by atoms with E-state index in [0.717, 1.165) is 16.9 Å². The Labute approximate surface area is 190 Å². The molecule has 0 atom stereocenters. The number of halogens is 5. The topological polar surface area (TPSA) is 60.9 Å². The number of hydrogen-bond donors (Lipinski definition) is 0. The van der Waals surface area contributed by atoms with Crippen LogP contribution in [0.2, 0.25) is 0 Å². The molecule has 4 rings (SSSR count). The van der Waals surface area contributed by atoms with E-state index in [1.807, 2.05) is 0 Å². The molecule has 4 aromatic rings. The number of rotatable bonds is 4. The molecule has 0 spiro atoms. The second-order valence-corrected chi connectivity index (χ2v) is 7.79. The second-order valence-electron chi connectivity index (χ2n) is 7.79. The fourth-order valence-electron chi connectivity index (χ4n) is 3.30. The van der Waals surface area contributed by atoms with Crippen LogP contribution < -0.4 is 0 Å². The Kier molecular flexibility index (Phi) is 5.61. The van der Waals surface area contributed by atoms with Crippen LogP contribution in [0.15, 0.2) is 54.9 Å². The van der Waals surface area contributed by atoms with Crippen molar-refractivity contribution in [2.45, 2.75) is 25.4 Å². The van der Waals surface area contributed by atoms with Crippen LogP contribution in [0.4, 0.5) is 27.6 Å². The predicted molar refractivity (Wildman–Crippen MR) is 112 cm³/mol. The van der Waals surface area contributed by atoms with Crippen LogP contribution in [0.5, 0.6) is 0 Å². The molecule has 0 N–H and O–H groups in total. The summed E-state index contributed by atoms with van der Waals surface area (Å²) in [5.41, 5.74) is -1.80. The van der Waals surface area contributed by atoms with Crippen molar-refractivity contribution in [1.29, 1.82) is 0 Å². The minimum Gasteiger partial charge on any atom is -0.252 e. The van der Waals surface area contributed by atoms with Gasteiger partial charge in [0.2, 0.25) is 5.95 Å². The van der Waals surface area contributed by atoms with Gasteiger partial charge in [0.05, 0.1) is 23.7 Å². The molecule has 0 aromatic carbocycles. The molecule has 0 radical (unpaired) electrons. The van der Waals surface area contributed by atoms with Crippen molar-refractivity contribution in [3.8, 4) is 17.1 Å². The first-order valence-electron chi connectivity index (χ1n) is 9.82. The van der Waals surface area contributed by atoms with Crippen molar-refractivity contribution in [1.82, 2.24) is 24.7 Å². The minimum absolute atomic E-state index is 0.136. The Bertz CT molecular complexity index is 1420. The van der Waals surface area contributed by atoms with Crippen molar-refractivity contribution < 1.29 is 22.0 Å². The van der Waals surface area contributed by atoms with Gasteiger partial charge in [-0.1, -0.05) is 12.1 Å². The first-order valence-corrected chi connectivity index (χ1v) is 9.82. The fraction of sp³-hybridized carbons (Fsp3) is 0.174. The van der Waals surface area contributed by atoms with E-state index in [1.54, 1.807) is 38.1 Å². The van der Waals surface area contributed by atoms with Gasteiger partial charge in [-0.15, -0.1) is 0 Å². The minimum atomic E-state index is -4.58. The van der Waals surface area contributed by atoms with E-state index in [2.05, 4.69) is 24.9 Å².